The van der Waals surface area contributed by atoms with Crippen LogP contribution in [0.15, 0.2) is 41.1 Å². The van der Waals surface area contributed by atoms with Crippen molar-refractivity contribution in [3.05, 3.63) is 42.4 Å². The van der Waals surface area contributed by atoms with Crippen LogP contribution < -0.4 is 9.64 Å². The van der Waals surface area contributed by atoms with E-state index in [-0.39, 0.29) is 0 Å². The molecule has 1 aliphatic rings. The highest BCUT2D eigenvalue weighted by Gasteiger charge is 2.21. The summed E-state index contributed by atoms with van der Waals surface area (Å²) in [5, 5.41) is 0. The second-order valence-corrected chi connectivity index (χ2v) is 7.67. The quantitative estimate of drug-likeness (QED) is 0.556. The lowest BCUT2D eigenvalue weighted by Gasteiger charge is -2.20. The number of imidazole rings is 1. The maximum atomic E-state index is 5.75. The van der Waals surface area contributed by atoms with Crippen molar-refractivity contribution in [3.63, 3.8) is 0 Å². The van der Waals surface area contributed by atoms with Crippen LogP contribution in [0.4, 0.5) is 5.69 Å². The summed E-state index contributed by atoms with van der Waals surface area (Å²) < 4.78 is 11.4. The summed E-state index contributed by atoms with van der Waals surface area (Å²) in [6.45, 7) is 6.29. The molecule has 1 saturated heterocycles. The lowest BCUT2D eigenvalue weighted by atomic mass is 10.1. The molecule has 7 nitrogen and oxygen atoms in total. The molecule has 1 atom stereocenters. The fraction of sp³-hybridized carbons (Fsp3) is 0.318. The van der Waals surface area contributed by atoms with Crippen LogP contribution in [0, 0.1) is 12.8 Å². The van der Waals surface area contributed by atoms with E-state index in [4.69, 9.17) is 14.1 Å². The molecule has 1 aliphatic heterocycles. The Kier molecular flexibility index (Phi) is 4.23. The van der Waals surface area contributed by atoms with Gasteiger partial charge in [-0.1, -0.05) is 6.92 Å². The van der Waals surface area contributed by atoms with E-state index in [1.807, 2.05) is 25.1 Å². The van der Waals surface area contributed by atoms with Gasteiger partial charge in [-0.2, -0.15) is 0 Å². The lowest BCUT2D eigenvalue weighted by Crippen LogP contribution is -2.19. The number of nitrogens with one attached hydrogen (secondary N) is 1. The number of furan rings is 1. The largest absolute Gasteiger partial charge is 0.497 e. The molecule has 7 heteroatoms. The number of hydrogen-bond donors (Lipinski definition) is 1. The van der Waals surface area contributed by atoms with Gasteiger partial charge < -0.3 is 19.0 Å². The minimum atomic E-state index is 0.520. The second-order valence-electron chi connectivity index (χ2n) is 7.67. The molecule has 1 aromatic carbocycles. The SMILES string of the molecule is COc1cc(-c2nc(-c3ccc(C)o3)nc3nc[nH]c23)cc(N2CCC(C)C2)c1. The predicted octanol–water partition coefficient (Wildman–Crippen LogP) is 4.44. The van der Waals surface area contributed by atoms with Crippen LogP contribution in [0.1, 0.15) is 19.1 Å². The monoisotopic (exact) mass is 389 g/mol. The number of anilines is 1. The molecule has 148 valence electrons. The molecule has 1 fully saturated rings. The van der Waals surface area contributed by atoms with Gasteiger partial charge in [0.15, 0.2) is 17.2 Å². The number of hydrogen-bond acceptors (Lipinski definition) is 6. The first-order valence-electron chi connectivity index (χ1n) is 9.83. The Balaban J connectivity index is 1.67. The average molecular weight is 389 g/mol. The highest BCUT2D eigenvalue weighted by atomic mass is 16.5. The smallest absolute Gasteiger partial charge is 0.198 e. The first kappa shape index (κ1) is 17.7. The molecule has 0 saturated carbocycles. The first-order chi connectivity index (χ1) is 14.1. The van der Waals surface area contributed by atoms with E-state index < -0.39 is 0 Å². The maximum absolute atomic E-state index is 5.75. The van der Waals surface area contributed by atoms with Gasteiger partial charge in [-0.05, 0) is 43.5 Å². The van der Waals surface area contributed by atoms with Crippen molar-refractivity contribution in [2.24, 2.45) is 5.92 Å². The summed E-state index contributed by atoms with van der Waals surface area (Å²) in [6, 6.07) is 10.0. The summed E-state index contributed by atoms with van der Waals surface area (Å²) in [4.78, 5) is 19.3. The van der Waals surface area contributed by atoms with Gasteiger partial charge in [0.1, 0.15) is 22.7 Å². The van der Waals surface area contributed by atoms with Crippen LogP contribution in [-0.2, 0) is 0 Å². The Morgan fingerprint density at radius 1 is 1.21 bits per heavy atom. The van der Waals surface area contributed by atoms with E-state index in [1.165, 1.54) is 6.42 Å². The van der Waals surface area contributed by atoms with E-state index in [2.05, 4.69) is 38.9 Å². The van der Waals surface area contributed by atoms with Crippen LogP contribution in [-0.4, -0.2) is 40.1 Å². The van der Waals surface area contributed by atoms with Gasteiger partial charge in [-0.15, -0.1) is 0 Å². The van der Waals surface area contributed by atoms with E-state index in [0.717, 1.165) is 47.1 Å². The van der Waals surface area contributed by atoms with E-state index in [9.17, 15) is 0 Å². The van der Waals surface area contributed by atoms with Crippen LogP contribution in [0.25, 0.3) is 34.0 Å². The zero-order valence-corrected chi connectivity index (χ0v) is 16.8. The van der Waals surface area contributed by atoms with Gasteiger partial charge in [0.05, 0.1) is 13.4 Å². The van der Waals surface area contributed by atoms with Gasteiger partial charge in [-0.3, -0.25) is 0 Å². The molecule has 3 aromatic heterocycles. The van der Waals surface area contributed by atoms with Crippen LogP contribution in [0.2, 0.25) is 0 Å². The third-order valence-corrected chi connectivity index (χ3v) is 5.44. The number of ether oxygens (including phenoxy) is 1. The van der Waals surface area contributed by atoms with Crippen molar-refractivity contribution in [1.82, 2.24) is 19.9 Å². The molecule has 0 aliphatic carbocycles. The minimum absolute atomic E-state index is 0.520. The van der Waals surface area contributed by atoms with Crippen molar-refractivity contribution in [2.45, 2.75) is 20.3 Å². The van der Waals surface area contributed by atoms with E-state index in [0.29, 0.717) is 23.1 Å². The minimum Gasteiger partial charge on any atom is -0.497 e. The third kappa shape index (κ3) is 3.22. The van der Waals surface area contributed by atoms with Crippen molar-refractivity contribution in [1.29, 1.82) is 0 Å². The molecule has 0 bridgehead atoms. The fourth-order valence-electron chi connectivity index (χ4n) is 3.90. The zero-order chi connectivity index (χ0) is 20.0. The van der Waals surface area contributed by atoms with Crippen molar-refractivity contribution < 1.29 is 9.15 Å². The number of aryl methyl sites for hydroxylation is 1. The topological polar surface area (TPSA) is 80.1 Å². The van der Waals surface area contributed by atoms with Gasteiger partial charge in [0.25, 0.3) is 0 Å². The van der Waals surface area contributed by atoms with Crippen LogP contribution >= 0.6 is 0 Å². The molecule has 1 N–H and O–H groups in total. The molecule has 4 heterocycles. The number of benzene rings is 1. The maximum Gasteiger partial charge on any atom is 0.198 e. The Morgan fingerprint density at radius 2 is 2.10 bits per heavy atom. The number of aromatic nitrogens is 4. The second kappa shape index (κ2) is 6.92. The standard InChI is InChI=1S/C22H23N5O2/c1-13-6-7-27(11-13)16-8-15(9-17(10-16)28-3)19-20-22(24-12-23-20)26-21(25-19)18-5-4-14(2)29-18/h4-5,8-10,12-13H,6-7,11H2,1-3H3,(H,23,24,25,26). The number of nitrogens with zero attached hydrogens (tertiary/aromatic N) is 4. The Labute approximate surface area is 168 Å². The Morgan fingerprint density at radius 3 is 2.83 bits per heavy atom. The summed E-state index contributed by atoms with van der Waals surface area (Å²) in [5.41, 5.74) is 4.29. The van der Waals surface area contributed by atoms with Crippen LogP contribution in [0.5, 0.6) is 5.75 Å². The van der Waals surface area contributed by atoms with E-state index in [1.54, 1.807) is 13.4 Å². The van der Waals surface area contributed by atoms with E-state index >= 15 is 0 Å². The molecule has 0 radical (unpaired) electrons. The van der Waals surface area contributed by atoms with Gasteiger partial charge in [-0.25, -0.2) is 15.0 Å². The highest BCUT2D eigenvalue weighted by molar-refractivity contribution is 5.89. The molecular weight excluding hydrogens is 366 g/mol. The molecular formula is C22H23N5O2. The van der Waals surface area contributed by atoms with Crippen molar-refractivity contribution >= 4 is 16.9 Å². The Hall–Kier alpha value is -3.35. The lowest BCUT2D eigenvalue weighted by molar-refractivity contribution is 0.415. The summed E-state index contributed by atoms with van der Waals surface area (Å²) in [7, 11) is 1.69. The number of methoxy groups -OCH3 is 1. The fourth-order valence-corrected chi connectivity index (χ4v) is 3.90. The third-order valence-electron chi connectivity index (χ3n) is 5.44. The molecule has 4 aromatic rings. The number of rotatable bonds is 4. The normalized spacial score (nSPS) is 16.7. The van der Waals surface area contributed by atoms with Crippen molar-refractivity contribution in [3.8, 4) is 28.6 Å². The summed E-state index contributed by atoms with van der Waals surface area (Å²) in [6.07, 6.45) is 2.84. The van der Waals surface area contributed by atoms with Gasteiger partial charge in [0.2, 0.25) is 0 Å². The predicted molar refractivity (Wildman–Crippen MR) is 112 cm³/mol. The molecule has 0 spiro atoms. The van der Waals surface area contributed by atoms with Crippen molar-refractivity contribution in [2.75, 3.05) is 25.1 Å². The van der Waals surface area contributed by atoms with Crippen LogP contribution in [0.3, 0.4) is 0 Å². The highest BCUT2D eigenvalue weighted by Crippen LogP contribution is 2.35. The Bertz CT molecular complexity index is 1180. The molecule has 29 heavy (non-hydrogen) atoms. The molecule has 5 rings (SSSR count). The van der Waals surface area contributed by atoms with Gasteiger partial charge >= 0.3 is 0 Å². The van der Waals surface area contributed by atoms with Gasteiger partial charge in [0, 0.05) is 30.4 Å². The average Bonchev–Trinajstić information content (AvgIpc) is 3.47. The first-order valence-corrected chi connectivity index (χ1v) is 9.83. The number of H-pyrrole nitrogens is 1. The summed E-state index contributed by atoms with van der Waals surface area (Å²) >= 11 is 0. The molecule has 0 amide bonds. The zero-order valence-electron chi connectivity index (χ0n) is 16.8. The number of fused-ring (bicyclic) bond motifs is 1. The molecule has 1 unspecified atom stereocenters. The number of aromatic amines is 1. The summed E-state index contributed by atoms with van der Waals surface area (Å²) in [5.74, 6) is 3.46.